The lowest BCUT2D eigenvalue weighted by atomic mass is 9.96. The minimum Gasteiger partial charge on any atom is -0.467 e. The number of carbonyl (C=O) groups excluding carboxylic acids is 1. The van der Waals surface area contributed by atoms with Crippen molar-refractivity contribution >= 4 is 6.03 Å². The lowest BCUT2D eigenvalue weighted by Crippen LogP contribution is -2.44. The first-order valence-corrected chi connectivity index (χ1v) is 8.53. The monoisotopic (exact) mass is 330 g/mol. The third-order valence-electron chi connectivity index (χ3n) is 4.43. The van der Waals surface area contributed by atoms with Crippen LogP contribution in [0.4, 0.5) is 9.18 Å². The van der Waals surface area contributed by atoms with Gasteiger partial charge in [-0.15, -0.1) is 0 Å². The first kappa shape index (κ1) is 16.6. The van der Waals surface area contributed by atoms with Gasteiger partial charge in [0.1, 0.15) is 11.6 Å². The third kappa shape index (κ3) is 4.60. The van der Waals surface area contributed by atoms with E-state index < -0.39 is 0 Å². The molecular formula is C19H23FN2O2. The molecule has 0 aliphatic heterocycles. The van der Waals surface area contributed by atoms with Crippen molar-refractivity contribution in [3.8, 4) is 0 Å². The minimum absolute atomic E-state index is 0.0948. The molecule has 0 unspecified atom stereocenters. The van der Waals surface area contributed by atoms with E-state index in [-0.39, 0.29) is 17.9 Å². The molecule has 1 N–H and O–H groups in total. The molecule has 5 heteroatoms. The first-order chi connectivity index (χ1) is 11.7. The molecule has 3 rings (SSSR count). The first-order valence-electron chi connectivity index (χ1n) is 8.53. The topological polar surface area (TPSA) is 45.5 Å². The smallest absolute Gasteiger partial charge is 0.318 e. The second-order valence-electron chi connectivity index (χ2n) is 6.35. The lowest BCUT2D eigenvalue weighted by Gasteiger charge is -2.28. The lowest BCUT2D eigenvalue weighted by molar-refractivity contribution is 0.180. The van der Waals surface area contributed by atoms with Crippen molar-refractivity contribution in [3.05, 3.63) is 59.8 Å². The van der Waals surface area contributed by atoms with Gasteiger partial charge in [0.05, 0.1) is 12.8 Å². The number of halogens is 1. The standard InChI is InChI=1S/C19H23FN2O2/c20-16-10-8-15(9-11-16)13-22(14-18-7-4-12-24-18)19(23)21-17-5-2-1-3-6-17/h4,7-12,17H,1-3,5-6,13-14H2,(H,21,23). The van der Waals surface area contributed by atoms with E-state index >= 15 is 0 Å². The van der Waals surface area contributed by atoms with Crippen LogP contribution in [0.25, 0.3) is 0 Å². The zero-order valence-corrected chi connectivity index (χ0v) is 13.7. The van der Waals surface area contributed by atoms with Gasteiger partial charge in [-0.1, -0.05) is 31.4 Å². The Morgan fingerprint density at radius 3 is 2.54 bits per heavy atom. The summed E-state index contributed by atoms with van der Waals surface area (Å²) in [7, 11) is 0. The molecule has 0 spiro atoms. The van der Waals surface area contributed by atoms with Crippen molar-refractivity contribution in [2.75, 3.05) is 0 Å². The summed E-state index contributed by atoms with van der Waals surface area (Å²) in [5.74, 6) is 0.457. The number of hydrogen-bond acceptors (Lipinski definition) is 2. The van der Waals surface area contributed by atoms with Gasteiger partial charge in [-0.05, 0) is 42.7 Å². The number of hydrogen-bond donors (Lipinski definition) is 1. The van der Waals surface area contributed by atoms with Gasteiger partial charge in [-0.25, -0.2) is 9.18 Å². The van der Waals surface area contributed by atoms with E-state index in [2.05, 4.69) is 5.32 Å². The fourth-order valence-electron chi connectivity index (χ4n) is 3.11. The van der Waals surface area contributed by atoms with Crippen LogP contribution in [0.15, 0.2) is 47.1 Å². The van der Waals surface area contributed by atoms with Crippen LogP contribution in [-0.4, -0.2) is 17.0 Å². The van der Waals surface area contributed by atoms with Crippen LogP contribution in [0.5, 0.6) is 0 Å². The molecule has 0 bridgehead atoms. The summed E-state index contributed by atoms with van der Waals surface area (Å²) < 4.78 is 18.5. The van der Waals surface area contributed by atoms with Crippen LogP contribution in [0.3, 0.4) is 0 Å². The van der Waals surface area contributed by atoms with Gasteiger partial charge in [0.2, 0.25) is 0 Å². The van der Waals surface area contributed by atoms with Crippen molar-refractivity contribution in [2.45, 2.75) is 51.2 Å². The number of carbonyl (C=O) groups is 1. The molecule has 4 nitrogen and oxygen atoms in total. The Bertz CT molecular complexity index is 634. The molecule has 1 aromatic heterocycles. The molecule has 0 atom stereocenters. The van der Waals surface area contributed by atoms with Crippen LogP contribution in [0.1, 0.15) is 43.4 Å². The van der Waals surface area contributed by atoms with Crippen molar-refractivity contribution < 1.29 is 13.6 Å². The van der Waals surface area contributed by atoms with Crippen molar-refractivity contribution in [1.82, 2.24) is 10.2 Å². The highest BCUT2D eigenvalue weighted by molar-refractivity contribution is 5.74. The van der Waals surface area contributed by atoms with Gasteiger partial charge in [-0.3, -0.25) is 0 Å². The summed E-state index contributed by atoms with van der Waals surface area (Å²) >= 11 is 0. The van der Waals surface area contributed by atoms with Crippen LogP contribution >= 0.6 is 0 Å². The predicted molar refractivity (Wildman–Crippen MR) is 89.8 cm³/mol. The molecular weight excluding hydrogens is 307 g/mol. The Morgan fingerprint density at radius 1 is 1.12 bits per heavy atom. The van der Waals surface area contributed by atoms with Gasteiger partial charge in [0.25, 0.3) is 0 Å². The van der Waals surface area contributed by atoms with Crippen molar-refractivity contribution in [2.24, 2.45) is 0 Å². The zero-order chi connectivity index (χ0) is 16.8. The Morgan fingerprint density at radius 2 is 1.88 bits per heavy atom. The summed E-state index contributed by atoms with van der Waals surface area (Å²) in [5, 5.41) is 3.13. The highest BCUT2D eigenvalue weighted by Gasteiger charge is 2.21. The molecule has 2 amide bonds. The second kappa shape index (κ2) is 7.99. The molecule has 1 aromatic carbocycles. The minimum atomic E-state index is -0.275. The van der Waals surface area contributed by atoms with Crippen molar-refractivity contribution in [3.63, 3.8) is 0 Å². The van der Waals surface area contributed by atoms with Gasteiger partial charge in [0.15, 0.2) is 0 Å². The summed E-state index contributed by atoms with van der Waals surface area (Å²) in [6.45, 7) is 0.808. The maximum Gasteiger partial charge on any atom is 0.318 e. The highest BCUT2D eigenvalue weighted by atomic mass is 19.1. The Labute approximate surface area is 141 Å². The van der Waals surface area contributed by atoms with E-state index in [4.69, 9.17) is 4.42 Å². The molecule has 128 valence electrons. The number of benzene rings is 1. The number of nitrogens with one attached hydrogen (secondary N) is 1. The number of furan rings is 1. The second-order valence-corrected chi connectivity index (χ2v) is 6.35. The molecule has 1 saturated carbocycles. The Kier molecular flexibility index (Phi) is 5.51. The number of rotatable bonds is 5. The van der Waals surface area contributed by atoms with E-state index in [0.717, 1.165) is 24.2 Å². The molecule has 1 aliphatic carbocycles. The average molecular weight is 330 g/mol. The van der Waals surface area contributed by atoms with Gasteiger partial charge >= 0.3 is 6.03 Å². The van der Waals surface area contributed by atoms with Gasteiger partial charge in [-0.2, -0.15) is 0 Å². The van der Waals surface area contributed by atoms with Gasteiger partial charge in [0, 0.05) is 12.6 Å². The largest absolute Gasteiger partial charge is 0.467 e. The van der Waals surface area contributed by atoms with Crippen molar-refractivity contribution in [1.29, 1.82) is 0 Å². The fourth-order valence-corrected chi connectivity index (χ4v) is 3.11. The van der Waals surface area contributed by atoms with Gasteiger partial charge < -0.3 is 14.6 Å². The molecule has 1 aliphatic rings. The molecule has 1 heterocycles. The normalized spacial score (nSPS) is 15.2. The molecule has 24 heavy (non-hydrogen) atoms. The van der Waals surface area contributed by atoms with Crippen LogP contribution in [-0.2, 0) is 13.1 Å². The van der Waals surface area contributed by atoms with E-state index in [1.165, 1.54) is 31.4 Å². The maximum atomic E-state index is 13.1. The molecule has 0 saturated heterocycles. The maximum absolute atomic E-state index is 13.1. The predicted octanol–water partition coefficient (Wildman–Crippen LogP) is 4.46. The SMILES string of the molecule is O=C(NC1CCCCC1)N(Cc1ccc(F)cc1)Cc1ccco1. The molecule has 0 radical (unpaired) electrons. The van der Waals surface area contributed by atoms with E-state index in [0.29, 0.717) is 13.1 Å². The summed E-state index contributed by atoms with van der Waals surface area (Å²) in [6, 6.07) is 10.1. The van der Waals surface area contributed by atoms with Crippen LogP contribution < -0.4 is 5.32 Å². The summed E-state index contributed by atoms with van der Waals surface area (Å²) in [6.07, 6.45) is 7.26. The third-order valence-corrected chi connectivity index (χ3v) is 4.43. The molecule has 2 aromatic rings. The Hall–Kier alpha value is -2.30. The quantitative estimate of drug-likeness (QED) is 0.879. The summed E-state index contributed by atoms with van der Waals surface area (Å²) in [5.41, 5.74) is 0.891. The number of urea groups is 1. The fraction of sp³-hybridized carbons (Fsp3) is 0.421. The van der Waals surface area contributed by atoms with E-state index in [9.17, 15) is 9.18 Å². The number of amides is 2. The highest BCUT2D eigenvalue weighted by Crippen LogP contribution is 2.18. The van der Waals surface area contributed by atoms with Crippen LogP contribution in [0.2, 0.25) is 0 Å². The zero-order valence-electron chi connectivity index (χ0n) is 13.7. The average Bonchev–Trinajstić information content (AvgIpc) is 3.10. The Balaban J connectivity index is 1.68. The van der Waals surface area contributed by atoms with E-state index in [1.54, 1.807) is 23.3 Å². The molecule has 1 fully saturated rings. The van der Waals surface area contributed by atoms with Crippen LogP contribution in [0, 0.1) is 5.82 Å². The summed E-state index contributed by atoms with van der Waals surface area (Å²) in [4.78, 5) is 14.4. The van der Waals surface area contributed by atoms with E-state index in [1.807, 2.05) is 12.1 Å². The number of nitrogens with zero attached hydrogens (tertiary/aromatic N) is 1.